The van der Waals surface area contributed by atoms with E-state index in [-0.39, 0.29) is 30.9 Å². The highest BCUT2D eigenvalue weighted by atomic mass is 32.2. The molecular formula is C13H18N2O5S. The molecule has 0 unspecified atom stereocenters. The first-order chi connectivity index (χ1) is 10.0. The molecule has 1 heterocycles. The second kappa shape index (κ2) is 6.88. The number of para-hydroxylation sites is 1. The maximum absolute atomic E-state index is 12.3. The quantitative estimate of drug-likeness (QED) is 0.815. The minimum atomic E-state index is -3.71. The van der Waals surface area contributed by atoms with Gasteiger partial charge in [-0.15, -0.1) is 0 Å². The van der Waals surface area contributed by atoms with Crippen LogP contribution in [0.4, 0.5) is 5.69 Å². The smallest absolute Gasteiger partial charge is 0.340 e. The highest BCUT2D eigenvalue weighted by molar-refractivity contribution is 7.90. The fourth-order valence-corrected chi connectivity index (χ4v) is 3.16. The van der Waals surface area contributed by atoms with Gasteiger partial charge in [-0.05, 0) is 19.1 Å². The fraction of sp³-hybridized carbons (Fsp3) is 0.462. The van der Waals surface area contributed by atoms with Crippen LogP contribution in [0.25, 0.3) is 0 Å². The molecule has 0 radical (unpaired) electrons. The summed E-state index contributed by atoms with van der Waals surface area (Å²) in [5.74, 6) is -0.558. The molecule has 0 spiro atoms. The first-order valence-electron chi connectivity index (χ1n) is 6.66. The van der Waals surface area contributed by atoms with Crippen molar-refractivity contribution in [1.29, 1.82) is 0 Å². The van der Waals surface area contributed by atoms with Crippen LogP contribution in [0, 0.1) is 0 Å². The number of morpholine rings is 1. The van der Waals surface area contributed by atoms with Crippen molar-refractivity contribution in [2.75, 3.05) is 37.6 Å². The third-order valence-electron chi connectivity index (χ3n) is 2.97. The Morgan fingerprint density at radius 2 is 2.00 bits per heavy atom. The van der Waals surface area contributed by atoms with Gasteiger partial charge in [-0.3, -0.25) is 4.72 Å². The van der Waals surface area contributed by atoms with Crippen LogP contribution >= 0.6 is 0 Å². The summed E-state index contributed by atoms with van der Waals surface area (Å²) in [6, 6.07) is 6.36. The van der Waals surface area contributed by atoms with Gasteiger partial charge in [0.15, 0.2) is 0 Å². The maximum atomic E-state index is 12.3. The molecule has 0 bridgehead atoms. The molecule has 0 aromatic heterocycles. The van der Waals surface area contributed by atoms with Gasteiger partial charge < -0.3 is 9.47 Å². The van der Waals surface area contributed by atoms with Gasteiger partial charge in [0.2, 0.25) is 0 Å². The van der Waals surface area contributed by atoms with E-state index in [9.17, 15) is 13.2 Å². The van der Waals surface area contributed by atoms with Crippen LogP contribution in [-0.2, 0) is 19.7 Å². The van der Waals surface area contributed by atoms with Crippen LogP contribution in [0.2, 0.25) is 0 Å². The zero-order valence-electron chi connectivity index (χ0n) is 11.7. The zero-order chi connectivity index (χ0) is 15.3. The Bertz CT molecular complexity index is 596. The van der Waals surface area contributed by atoms with Gasteiger partial charge in [-0.2, -0.15) is 12.7 Å². The van der Waals surface area contributed by atoms with Crippen molar-refractivity contribution in [2.24, 2.45) is 0 Å². The molecule has 0 atom stereocenters. The van der Waals surface area contributed by atoms with E-state index in [0.29, 0.717) is 13.2 Å². The number of carbonyl (C=O) groups excluding carboxylic acids is 1. The number of nitrogens with one attached hydrogen (secondary N) is 1. The van der Waals surface area contributed by atoms with Crippen molar-refractivity contribution in [3.05, 3.63) is 29.8 Å². The maximum Gasteiger partial charge on any atom is 0.340 e. The Kier molecular flexibility index (Phi) is 5.16. The summed E-state index contributed by atoms with van der Waals surface area (Å²) in [5.41, 5.74) is 0.402. The summed E-state index contributed by atoms with van der Waals surface area (Å²) in [5, 5.41) is 0. The summed E-state index contributed by atoms with van der Waals surface area (Å²) in [6.45, 7) is 3.22. The summed E-state index contributed by atoms with van der Waals surface area (Å²) in [4.78, 5) is 11.8. The number of anilines is 1. The van der Waals surface area contributed by atoms with E-state index in [1.165, 1.54) is 16.4 Å². The standard InChI is InChI=1S/C13H18N2O5S/c1-2-20-13(16)11-5-3-4-6-12(11)14-21(17,18)15-7-9-19-10-8-15/h3-6,14H,2,7-10H2,1H3. The van der Waals surface area contributed by atoms with Gasteiger partial charge in [0.1, 0.15) is 0 Å². The molecule has 116 valence electrons. The number of hydrogen-bond donors (Lipinski definition) is 1. The third kappa shape index (κ3) is 3.93. The Balaban J connectivity index is 2.20. The topological polar surface area (TPSA) is 84.9 Å². The predicted octanol–water partition coefficient (Wildman–Crippen LogP) is 0.852. The number of ether oxygens (including phenoxy) is 2. The molecule has 1 N–H and O–H groups in total. The normalized spacial score (nSPS) is 16.4. The van der Waals surface area contributed by atoms with Gasteiger partial charge in [-0.1, -0.05) is 12.1 Å². The molecule has 21 heavy (non-hydrogen) atoms. The molecule has 1 aromatic rings. The van der Waals surface area contributed by atoms with E-state index in [1.54, 1.807) is 19.1 Å². The zero-order valence-corrected chi connectivity index (χ0v) is 12.6. The van der Waals surface area contributed by atoms with E-state index in [4.69, 9.17) is 9.47 Å². The lowest BCUT2D eigenvalue weighted by Gasteiger charge is -2.26. The van der Waals surface area contributed by atoms with Crippen LogP contribution in [-0.4, -0.2) is 51.6 Å². The van der Waals surface area contributed by atoms with Crippen LogP contribution in [0.5, 0.6) is 0 Å². The fourth-order valence-electron chi connectivity index (χ4n) is 1.95. The monoisotopic (exact) mass is 314 g/mol. The number of rotatable bonds is 5. The molecule has 7 nitrogen and oxygen atoms in total. The number of carbonyl (C=O) groups is 1. The summed E-state index contributed by atoms with van der Waals surface area (Å²) in [6.07, 6.45) is 0. The SMILES string of the molecule is CCOC(=O)c1ccccc1NS(=O)(=O)N1CCOCC1. The molecule has 1 aliphatic rings. The molecule has 0 aliphatic carbocycles. The van der Waals surface area contributed by atoms with Crippen molar-refractivity contribution < 1.29 is 22.7 Å². The van der Waals surface area contributed by atoms with Crippen molar-refractivity contribution >= 4 is 21.9 Å². The van der Waals surface area contributed by atoms with Gasteiger partial charge in [0.05, 0.1) is 31.1 Å². The molecule has 0 amide bonds. The van der Waals surface area contributed by atoms with E-state index < -0.39 is 16.2 Å². The van der Waals surface area contributed by atoms with Gasteiger partial charge >= 0.3 is 16.2 Å². The summed E-state index contributed by atoms with van der Waals surface area (Å²) < 4.78 is 38.4. The second-order valence-electron chi connectivity index (χ2n) is 4.38. The van der Waals surface area contributed by atoms with Crippen LogP contribution < -0.4 is 4.72 Å². The van der Waals surface area contributed by atoms with E-state index in [2.05, 4.69) is 4.72 Å². The lowest BCUT2D eigenvalue weighted by Crippen LogP contribution is -2.43. The number of esters is 1. The largest absolute Gasteiger partial charge is 0.462 e. The van der Waals surface area contributed by atoms with Crippen LogP contribution in [0.15, 0.2) is 24.3 Å². The van der Waals surface area contributed by atoms with Crippen molar-refractivity contribution in [3.8, 4) is 0 Å². The van der Waals surface area contributed by atoms with E-state index in [1.807, 2.05) is 0 Å². The Hall–Kier alpha value is -1.64. The van der Waals surface area contributed by atoms with Crippen molar-refractivity contribution in [3.63, 3.8) is 0 Å². The first kappa shape index (κ1) is 15.7. The average molecular weight is 314 g/mol. The van der Waals surface area contributed by atoms with Crippen LogP contribution in [0.1, 0.15) is 17.3 Å². The molecule has 1 fully saturated rings. The number of hydrogen-bond acceptors (Lipinski definition) is 5. The van der Waals surface area contributed by atoms with Gasteiger partial charge in [0.25, 0.3) is 0 Å². The predicted molar refractivity (Wildman–Crippen MR) is 77.3 cm³/mol. The molecular weight excluding hydrogens is 296 g/mol. The summed E-state index contributed by atoms with van der Waals surface area (Å²) in [7, 11) is -3.71. The second-order valence-corrected chi connectivity index (χ2v) is 6.06. The molecule has 2 rings (SSSR count). The number of nitrogens with zero attached hydrogens (tertiary/aromatic N) is 1. The number of benzene rings is 1. The van der Waals surface area contributed by atoms with E-state index in [0.717, 1.165) is 0 Å². The third-order valence-corrected chi connectivity index (χ3v) is 4.49. The highest BCUT2D eigenvalue weighted by Gasteiger charge is 2.25. The average Bonchev–Trinajstić information content (AvgIpc) is 2.48. The van der Waals surface area contributed by atoms with Crippen molar-refractivity contribution in [1.82, 2.24) is 4.31 Å². The molecule has 1 aromatic carbocycles. The van der Waals surface area contributed by atoms with Crippen LogP contribution in [0.3, 0.4) is 0 Å². The summed E-state index contributed by atoms with van der Waals surface area (Å²) >= 11 is 0. The van der Waals surface area contributed by atoms with Crippen molar-refractivity contribution in [2.45, 2.75) is 6.92 Å². The lowest BCUT2D eigenvalue weighted by atomic mass is 10.2. The molecule has 0 saturated carbocycles. The van der Waals surface area contributed by atoms with Gasteiger partial charge in [0, 0.05) is 13.1 Å². The van der Waals surface area contributed by atoms with Gasteiger partial charge in [-0.25, -0.2) is 4.79 Å². The minimum Gasteiger partial charge on any atom is -0.462 e. The first-order valence-corrected chi connectivity index (χ1v) is 8.10. The van der Waals surface area contributed by atoms with E-state index >= 15 is 0 Å². The highest BCUT2D eigenvalue weighted by Crippen LogP contribution is 2.19. The molecule has 1 saturated heterocycles. The Morgan fingerprint density at radius 3 is 2.67 bits per heavy atom. The molecule has 1 aliphatic heterocycles. The Morgan fingerprint density at radius 1 is 1.33 bits per heavy atom. The lowest BCUT2D eigenvalue weighted by molar-refractivity contribution is 0.0527. The molecule has 8 heteroatoms. The minimum absolute atomic E-state index is 0.191. The Labute approximate surface area is 124 Å².